The number of Topliss-reactive ketones (excluding diaryl/α,β-unsaturated/α-hetero) is 1. The Labute approximate surface area is 173 Å². The zero-order chi connectivity index (χ0) is 20.4. The summed E-state index contributed by atoms with van der Waals surface area (Å²) >= 11 is 6.04. The second kappa shape index (κ2) is 8.81. The number of carbonyl (C=O) groups is 1. The molecule has 2 fully saturated rings. The molecule has 0 saturated carbocycles. The zero-order valence-corrected chi connectivity index (χ0v) is 18.2. The number of carbonyl (C=O) groups excluding carboxylic acids is 1. The van der Waals surface area contributed by atoms with Gasteiger partial charge in [-0.05, 0) is 82.6 Å². The summed E-state index contributed by atoms with van der Waals surface area (Å²) in [5.74, 6) is 0.609. The van der Waals surface area contributed by atoms with Crippen molar-refractivity contribution in [2.75, 3.05) is 26.2 Å². The second-order valence-electron chi connectivity index (χ2n) is 9.36. The fourth-order valence-corrected chi connectivity index (χ4v) is 4.93. The van der Waals surface area contributed by atoms with E-state index in [2.05, 4.69) is 18.7 Å². The Kier molecular flexibility index (Phi) is 6.84. The molecule has 1 aromatic rings. The molecule has 5 heteroatoms. The lowest BCUT2D eigenvalue weighted by atomic mass is 9.85. The van der Waals surface area contributed by atoms with Crippen LogP contribution in [0.5, 0.6) is 0 Å². The molecule has 1 aromatic carbocycles. The molecule has 2 heterocycles. The molecule has 0 aromatic heterocycles. The number of piperidine rings is 1. The van der Waals surface area contributed by atoms with Crippen LogP contribution in [0.1, 0.15) is 68.3 Å². The van der Waals surface area contributed by atoms with E-state index in [1.165, 1.54) is 0 Å². The highest BCUT2D eigenvalue weighted by atomic mass is 35.5. The zero-order valence-electron chi connectivity index (χ0n) is 17.4. The van der Waals surface area contributed by atoms with Gasteiger partial charge in [-0.15, -0.1) is 0 Å². The number of rotatable bonds is 6. The normalized spacial score (nSPS) is 24.8. The standard InChI is InChI=1S/C23H33ClFNO2/c1-17-12-19(14-20(24)13-17)21(27)4-6-23(25)7-9-26(10-8-23)16-18-5-11-28-22(2,3)15-18/h12-14,18H,4-11,15-16H2,1-3H3/t18-/m0/s1. The first kappa shape index (κ1) is 21.7. The van der Waals surface area contributed by atoms with Crippen molar-refractivity contribution in [3.05, 3.63) is 34.3 Å². The van der Waals surface area contributed by atoms with E-state index in [-0.39, 0.29) is 17.8 Å². The summed E-state index contributed by atoms with van der Waals surface area (Å²) in [5, 5.41) is 0.558. The van der Waals surface area contributed by atoms with E-state index < -0.39 is 5.67 Å². The first-order valence-electron chi connectivity index (χ1n) is 10.5. The van der Waals surface area contributed by atoms with Gasteiger partial charge in [-0.25, -0.2) is 4.39 Å². The maximum Gasteiger partial charge on any atom is 0.163 e. The third-order valence-electron chi connectivity index (χ3n) is 6.23. The van der Waals surface area contributed by atoms with E-state index in [1.807, 2.05) is 19.1 Å². The van der Waals surface area contributed by atoms with E-state index in [4.69, 9.17) is 16.3 Å². The quantitative estimate of drug-likeness (QED) is 0.571. The number of ether oxygens (including phenoxy) is 1. The largest absolute Gasteiger partial charge is 0.376 e. The molecule has 1 atom stereocenters. The highest BCUT2D eigenvalue weighted by Crippen LogP contribution is 2.34. The van der Waals surface area contributed by atoms with Gasteiger partial charge in [0.1, 0.15) is 5.67 Å². The molecule has 3 nitrogen and oxygen atoms in total. The van der Waals surface area contributed by atoms with Gasteiger partial charge in [0.15, 0.2) is 5.78 Å². The lowest BCUT2D eigenvalue weighted by Gasteiger charge is -2.41. The number of likely N-dealkylation sites (tertiary alicyclic amines) is 1. The molecule has 28 heavy (non-hydrogen) atoms. The number of benzene rings is 1. The van der Waals surface area contributed by atoms with Crippen LogP contribution in [0.25, 0.3) is 0 Å². The molecule has 0 N–H and O–H groups in total. The topological polar surface area (TPSA) is 29.5 Å². The molecule has 2 aliphatic heterocycles. The number of ketones is 1. The van der Waals surface area contributed by atoms with Gasteiger partial charge in [0.05, 0.1) is 5.60 Å². The lowest BCUT2D eigenvalue weighted by molar-refractivity contribution is -0.0793. The molecular formula is C23H33ClFNO2. The van der Waals surface area contributed by atoms with Gasteiger partial charge in [0, 0.05) is 43.2 Å². The summed E-state index contributed by atoms with van der Waals surface area (Å²) in [6.45, 7) is 9.63. The van der Waals surface area contributed by atoms with Crippen molar-refractivity contribution in [3.63, 3.8) is 0 Å². The Bertz CT molecular complexity index is 678. The SMILES string of the molecule is Cc1cc(Cl)cc(C(=O)CCC2(F)CCN(C[C@H]3CCOC(C)(C)C3)CC2)c1. The molecule has 156 valence electrons. The maximum atomic E-state index is 15.3. The number of halogens is 2. The van der Waals surface area contributed by atoms with Gasteiger partial charge in [-0.3, -0.25) is 4.79 Å². The van der Waals surface area contributed by atoms with Crippen molar-refractivity contribution in [1.82, 2.24) is 4.90 Å². The van der Waals surface area contributed by atoms with E-state index in [0.717, 1.165) is 44.6 Å². The van der Waals surface area contributed by atoms with Crippen molar-refractivity contribution < 1.29 is 13.9 Å². The van der Waals surface area contributed by atoms with Gasteiger partial charge in [-0.2, -0.15) is 0 Å². The van der Waals surface area contributed by atoms with Crippen molar-refractivity contribution in [2.45, 2.75) is 70.6 Å². The number of alkyl halides is 1. The number of nitrogens with zero attached hydrogens (tertiary/aromatic N) is 1. The average molecular weight is 410 g/mol. The highest BCUT2D eigenvalue weighted by molar-refractivity contribution is 6.31. The van der Waals surface area contributed by atoms with Crippen LogP contribution in [0, 0.1) is 12.8 Å². The maximum absolute atomic E-state index is 15.3. The summed E-state index contributed by atoms with van der Waals surface area (Å²) in [4.78, 5) is 14.9. The fourth-order valence-electron chi connectivity index (χ4n) is 4.64. The number of hydrogen-bond acceptors (Lipinski definition) is 3. The first-order chi connectivity index (χ1) is 13.1. The highest BCUT2D eigenvalue weighted by Gasteiger charge is 2.36. The second-order valence-corrected chi connectivity index (χ2v) is 9.80. The van der Waals surface area contributed by atoms with Gasteiger partial charge >= 0.3 is 0 Å². The van der Waals surface area contributed by atoms with Crippen LogP contribution < -0.4 is 0 Å². The van der Waals surface area contributed by atoms with E-state index in [0.29, 0.717) is 35.8 Å². The molecule has 0 aliphatic carbocycles. The molecule has 0 unspecified atom stereocenters. The van der Waals surface area contributed by atoms with Crippen LogP contribution in [-0.2, 0) is 4.74 Å². The lowest BCUT2D eigenvalue weighted by Crippen LogP contribution is -2.45. The molecule has 3 rings (SSSR count). The minimum atomic E-state index is -1.23. The fraction of sp³-hybridized carbons (Fsp3) is 0.696. The minimum absolute atomic E-state index is 0.0190. The summed E-state index contributed by atoms with van der Waals surface area (Å²) in [7, 11) is 0. The Morgan fingerprint density at radius 2 is 2.00 bits per heavy atom. The minimum Gasteiger partial charge on any atom is -0.376 e. The Balaban J connectivity index is 1.46. The summed E-state index contributed by atoms with van der Waals surface area (Å²) in [6.07, 6.45) is 3.73. The van der Waals surface area contributed by atoms with Crippen LogP contribution >= 0.6 is 11.6 Å². The van der Waals surface area contributed by atoms with Crippen LogP contribution in [0.2, 0.25) is 5.02 Å². The predicted molar refractivity (Wildman–Crippen MR) is 112 cm³/mol. The van der Waals surface area contributed by atoms with Gasteiger partial charge in [0.2, 0.25) is 0 Å². The van der Waals surface area contributed by atoms with E-state index >= 15 is 4.39 Å². The molecule has 2 aliphatic rings. The number of aryl methyl sites for hydroxylation is 1. The van der Waals surface area contributed by atoms with Gasteiger partial charge in [0.25, 0.3) is 0 Å². The third-order valence-corrected chi connectivity index (χ3v) is 6.45. The van der Waals surface area contributed by atoms with Crippen LogP contribution in [-0.4, -0.2) is 48.2 Å². The van der Waals surface area contributed by atoms with Crippen molar-refractivity contribution in [1.29, 1.82) is 0 Å². The third kappa shape index (κ3) is 6.01. The molecule has 2 saturated heterocycles. The predicted octanol–water partition coefficient (Wildman–Crippen LogP) is 5.62. The molecule has 0 radical (unpaired) electrons. The Morgan fingerprint density at radius 3 is 2.64 bits per heavy atom. The number of hydrogen-bond donors (Lipinski definition) is 0. The van der Waals surface area contributed by atoms with Gasteiger partial charge < -0.3 is 9.64 Å². The molecular weight excluding hydrogens is 377 g/mol. The van der Waals surface area contributed by atoms with E-state index in [9.17, 15) is 4.79 Å². The summed E-state index contributed by atoms with van der Waals surface area (Å²) in [5.41, 5.74) is 0.277. The molecule has 0 bridgehead atoms. The Morgan fingerprint density at radius 1 is 1.29 bits per heavy atom. The average Bonchev–Trinajstić information content (AvgIpc) is 2.60. The summed E-state index contributed by atoms with van der Waals surface area (Å²) in [6, 6.07) is 5.33. The smallest absolute Gasteiger partial charge is 0.163 e. The Hall–Kier alpha value is -0.970. The van der Waals surface area contributed by atoms with Crippen LogP contribution in [0.15, 0.2) is 18.2 Å². The van der Waals surface area contributed by atoms with Crippen LogP contribution in [0.3, 0.4) is 0 Å². The monoisotopic (exact) mass is 409 g/mol. The van der Waals surface area contributed by atoms with Crippen molar-refractivity contribution in [2.24, 2.45) is 5.92 Å². The molecule has 0 spiro atoms. The summed E-state index contributed by atoms with van der Waals surface area (Å²) < 4.78 is 21.1. The first-order valence-corrected chi connectivity index (χ1v) is 10.9. The van der Waals surface area contributed by atoms with Crippen LogP contribution in [0.4, 0.5) is 4.39 Å². The van der Waals surface area contributed by atoms with Gasteiger partial charge in [-0.1, -0.05) is 11.6 Å². The van der Waals surface area contributed by atoms with E-state index in [1.54, 1.807) is 6.07 Å². The van der Waals surface area contributed by atoms with Crippen molar-refractivity contribution in [3.8, 4) is 0 Å². The molecule has 0 amide bonds. The van der Waals surface area contributed by atoms with Crippen molar-refractivity contribution >= 4 is 17.4 Å².